The fraction of sp³-hybridized carbons (Fsp3) is 0.158. The molecule has 3 aromatic rings. The summed E-state index contributed by atoms with van der Waals surface area (Å²) in [5.74, 6) is 0.0140. The van der Waals surface area contributed by atoms with Gasteiger partial charge in [-0.3, -0.25) is 5.32 Å². The first kappa shape index (κ1) is 16.7. The zero-order chi connectivity index (χ0) is 17.8. The number of nitrogens with one attached hydrogen (secondary N) is 1. The summed E-state index contributed by atoms with van der Waals surface area (Å²) in [7, 11) is 0. The topological polar surface area (TPSA) is 56.1 Å². The number of benzene rings is 2. The van der Waals surface area contributed by atoms with Crippen LogP contribution in [0.5, 0.6) is 0 Å². The number of rotatable bonds is 4. The molecule has 0 fully saturated rings. The van der Waals surface area contributed by atoms with Crippen molar-refractivity contribution in [2.75, 3.05) is 5.32 Å². The Morgan fingerprint density at radius 3 is 2.56 bits per heavy atom. The third-order valence-corrected chi connectivity index (χ3v) is 3.40. The predicted molar refractivity (Wildman–Crippen MR) is 94.2 cm³/mol. The van der Waals surface area contributed by atoms with Crippen molar-refractivity contribution in [1.82, 2.24) is 9.78 Å². The van der Waals surface area contributed by atoms with E-state index >= 15 is 0 Å². The molecule has 0 aliphatic carbocycles. The van der Waals surface area contributed by atoms with Crippen LogP contribution in [0.4, 0.5) is 15.0 Å². The third kappa shape index (κ3) is 4.03. The maximum atomic E-state index is 13.6. The molecule has 128 valence electrons. The van der Waals surface area contributed by atoms with Crippen molar-refractivity contribution < 1.29 is 13.9 Å². The maximum absolute atomic E-state index is 13.6. The molecule has 1 heterocycles. The Hall–Kier alpha value is -3.15. The molecule has 3 rings (SSSR count). The molecule has 0 aliphatic rings. The molecule has 1 aromatic heterocycles. The second kappa shape index (κ2) is 7.17. The quantitative estimate of drug-likeness (QED) is 0.753. The van der Waals surface area contributed by atoms with E-state index in [1.807, 2.05) is 30.3 Å². The summed E-state index contributed by atoms with van der Waals surface area (Å²) < 4.78 is 20.2. The minimum atomic E-state index is -0.591. The number of nitrogens with zero attached hydrogens (tertiary/aromatic N) is 2. The summed E-state index contributed by atoms with van der Waals surface area (Å²) in [6.45, 7) is 3.53. The van der Waals surface area contributed by atoms with Gasteiger partial charge < -0.3 is 4.74 Å². The van der Waals surface area contributed by atoms with Gasteiger partial charge >= 0.3 is 6.09 Å². The van der Waals surface area contributed by atoms with Crippen molar-refractivity contribution in [2.45, 2.75) is 20.0 Å². The van der Waals surface area contributed by atoms with Crippen LogP contribution in [0.3, 0.4) is 0 Å². The van der Waals surface area contributed by atoms with Gasteiger partial charge in [0, 0.05) is 11.6 Å². The van der Waals surface area contributed by atoms with Gasteiger partial charge in [0.2, 0.25) is 0 Å². The number of aromatic nitrogens is 2. The molecular weight excluding hydrogens is 321 g/mol. The number of anilines is 1. The molecule has 1 amide bonds. The first-order valence-electron chi connectivity index (χ1n) is 7.92. The summed E-state index contributed by atoms with van der Waals surface area (Å²) in [6.07, 6.45) is -0.841. The average Bonchev–Trinajstić information content (AvgIpc) is 2.98. The Balaban J connectivity index is 2.02. The summed E-state index contributed by atoms with van der Waals surface area (Å²) >= 11 is 0. The van der Waals surface area contributed by atoms with E-state index in [0.29, 0.717) is 17.2 Å². The van der Waals surface area contributed by atoms with Gasteiger partial charge in [-0.1, -0.05) is 36.4 Å². The SMILES string of the molecule is CC(C)OC(=O)Nc1cc(-c2ccccc2)nn1-c1cccc(F)c1. The summed E-state index contributed by atoms with van der Waals surface area (Å²) in [4.78, 5) is 12.0. The van der Waals surface area contributed by atoms with Crippen LogP contribution >= 0.6 is 0 Å². The molecule has 6 heteroatoms. The molecule has 25 heavy (non-hydrogen) atoms. The first-order chi connectivity index (χ1) is 12.0. The molecule has 0 saturated heterocycles. The monoisotopic (exact) mass is 339 g/mol. The molecule has 5 nitrogen and oxygen atoms in total. The van der Waals surface area contributed by atoms with Gasteiger partial charge in [-0.05, 0) is 32.0 Å². The van der Waals surface area contributed by atoms with Crippen molar-refractivity contribution in [3.05, 3.63) is 66.5 Å². The number of halogens is 1. The van der Waals surface area contributed by atoms with Crippen LogP contribution in [0, 0.1) is 5.82 Å². The fourth-order valence-electron chi connectivity index (χ4n) is 2.37. The molecule has 0 spiro atoms. The Morgan fingerprint density at radius 2 is 1.88 bits per heavy atom. The van der Waals surface area contributed by atoms with Crippen LogP contribution < -0.4 is 5.32 Å². The van der Waals surface area contributed by atoms with Crippen molar-refractivity contribution in [3.63, 3.8) is 0 Å². The molecule has 1 N–H and O–H groups in total. The van der Waals surface area contributed by atoms with Gasteiger partial charge in [-0.2, -0.15) is 5.10 Å². The van der Waals surface area contributed by atoms with Crippen molar-refractivity contribution in [1.29, 1.82) is 0 Å². The summed E-state index contributed by atoms with van der Waals surface area (Å²) in [5, 5.41) is 7.17. The zero-order valence-corrected chi connectivity index (χ0v) is 13.9. The van der Waals surface area contributed by atoms with Gasteiger partial charge in [-0.25, -0.2) is 13.9 Å². The largest absolute Gasteiger partial charge is 0.447 e. The molecule has 0 radical (unpaired) electrons. The molecular formula is C19H18FN3O2. The van der Waals surface area contributed by atoms with Gasteiger partial charge in [-0.15, -0.1) is 0 Å². The van der Waals surface area contributed by atoms with Gasteiger partial charge in [0.15, 0.2) is 0 Å². The predicted octanol–water partition coefficient (Wildman–Crippen LogP) is 4.64. The minimum Gasteiger partial charge on any atom is -0.447 e. The highest BCUT2D eigenvalue weighted by Gasteiger charge is 2.15. The Labute approximate surface area is 145 Å². The smallest absolute Gasteiger partial charge is 0.413 e. The van der Waals surface area contributed by atoms with Crippen molar-refractivity contribution in [2.24, 2.45) is 0 Å². The second-order valence-electron chi connectivity index (χ2n) is 5.75. The van der Waals surface area contributed by atoms with Crippen LogP contribution in [-0.4, -0.2) is 22.0 Å². The van der Waals surface area contributed by atoms with E-state index in [-0.39, 0.29) is 11.9 Å². The van der Waals surface area contributed by atoms with Crippen molar-refractivity contribution in [3.8, 4) is 16.9 Å². The van der Waals surface area contributed by atoms with E-state index in [1.165, 1.54) is 16.8 Å². The number of hydrogen-bond donors (Lipinski definition) is 1. The van der Waals surface area contributed by atoms with E-state index in [4.69, 9.17) is 4.74 Å². The summed E-state index contributed by atoms with van der Waals surface area (Å²) in [5.41, 5.74) is 2.05. The minimum absolute atomic E-state index is 0.251. The van der Waals surface area contributed by atoms with Crippen LogP contribution in [0.15, 0.2) is 60.7 Å². The number of hydrogen-bond acceptors (Lipinski definition) is 3. The van der Waals surface area contributed by atoms with Crippen LogP contribution in [-0.2, 0) is 4.74 Å². The second-order valence-corrected chi connectivity index (χ2v) is 5.75. The molecule has 0 aliphatic heterocycles. The Bertz CT molecular complexity index is 875. The maximum Gasteiger partial charge on any atom is 0.413 e. The third-order valence-electron chi connectivity index (χ3n) is 3.40. The lowest BCUT2D eigenvalue weighted by atomic mass is 10.2. The highest BCUT2D eigenvalue weighted by atomic mass is 19.1. The van der Waals surface area contributed by atoms with Crippen LogP contribution in [0.2, 0.25) is 0 Å². The van der Waals surface area contributed by atoms with Crippen LogP contribution in [0.1, 0.15) is 13.8 Å². The van der Waals surface area contributed by atoms with Gasteiger partial charge in [0.1, 0.15) is 11.6 Å². The van der Waals surface area contributed by atoms with E-state index in [0.717, 1.165) is 5.56 Å². The molecule has 2 aromatic carbocycles. The fourth-order valence-corrected chi connectivity index (χ4v) is 2.37. The van der Waals surface area contributed by atoms with Gasteiger partial charge in [0.05, 0.1) is 17.5 Å². The standard InChI is InChI=1S/C19H18FN3O2/c1-13(2)25-19(24)21-18-12-17(14-7-4-3-5-8-14)22-23(18)16-10-6-9-15(20)11-16/h3-13H,1-2H3,(H,21,24). The van der Waals surface area contributed by atoms with Gasteiger partial charge in [0.25, 0.3) is 0 Å². The Kier molecular flexibility index (Phi) is 4.79. The lowest BCUT2D eigenvalue weighted by Crippen LogP contribution is -2.19. The molecule has 0 unspecified atom stereocenters. The number of ether oxygens (including phenoxy) is 1. The van der Waals surface area contributed by atoms with E-state index in [1.54, 1.807) is 32.0 Å². The molecule has 0 saturated carbocycles. The lowest BCUT2D eigenvalue weighted by Gasteiger charge is -2.11. The van der Waals surface area contributed by atoms with Crippen LogP contribution in [0.25, 0.3) is 16.9 Å². The summed E-state index contributed by atoms with van der Waals surface area (Å²) in [6, 6.07) is 17.3. The van der Waals surface area contributed by atoms with E-state index in [9.17, 15) is 9.18 Å². The van der Waals surface area contributed by atoms with Crippen molar-refractivity contribution >= 4 is 11.9 Å². The number of carbonyl (C=O) groups is 1. The van der Waals surface area contributed by atoms with E-state index in [2.05, 4.69) is 10.4 Å². The normalized spacial score (nSPS) is 10.7. The average molecular weight is 339 g/mol. The van der Waals surface area contributed by atoms with E-state index < -0.39 is 6.09 Å². The molecule has 0 bridgehead atoms. The zero-order valence-electron chi connectivity index (χ0n) is 13.9. The molecule has 0 atom stereocenters. The number of amides is 1. The highest BCUT2D eigenvalue weighted by Crippen LogP contribution is 2.25. The Morgan fingerprint density at radius 1 is 1.12 bits per heavy atom. The highest BCUT2D eigenvalue weighted by molar-refractivity contribution is 5.85. The number of carbonyl (C=O) groups excluding carboxylic acids is 1. The lowest BCUT2D eigenvalue weighted by molar-refractivity contribution is 0.130. The first-order valence-corrected chi connectivity index (χ1v) is 7.92.